The number of primary sulfonamides is 3. The number of hydrogen-bond donors (Lipinski definition) is 6. The number of likely N-dealkylation sites (tertiary alicyclic amines) is 1. The van der Waals surface area contributed by atoms with Gasteiger partial charge < -0.3 is 33.9 Å². The minimum atomic E-state index is -3.90. The number of nitrogens with two attached hydrogens (primary N) is 3. The Morgan fingerprint density at radius 2 is 0.938 bits per heavy atom. The third-order valence-electron chi connectivity index (χ3n) is 16.9. The number of furan rings is 3. The zero-order valence-corrected chi connectivity index (χ0v) is 59.4. The van der Waals surface area contributed by atoms with E-state index in [2.05, 4.69) is 56.3 Å². The number of anilines is 3. The molecule has 27 heteroatoms. The number of halogens is 1. The number of carbonyl (C=O) groups excluding carboxylic acids is 3. The van der Waals surface area contributed by atoms with E-state index in [9.17, 15) is 44.0 Å². The maximum Gasteiger partial charge on any atom is 0.259 e. The van der Waals surface area contributed by atoms with Crippen molar-refractivity contribution in [2.45, 2.75) is 146 Å². The summed E-state index contributed by atoms with van der Waals surface area (Å²) in [5, 5.41) is 24.0. The zero-order valence-electron chi connectivity index (χ0n) is 57.0. The third-order valence-corrected chi connectivity index (χ3v) is 19.6. The van der Waals surface area contributed by atoms with E-state index in [1.807, 2.05) is 53.7 Å². The van der Waals surface area contributed by atoms with Crippen LogP contribution in [0.3, 0.4) is 0 Å². The number of rotatable bonds is 19. The van der Waals surface area contributed by atoms with E-state index >= 15 is 0 Å². The Morgan fingerprint density at radius 1 is 0.526 bits per heavy atom. The number of amides is 3. The molecule has 3 aliphatic heterocycles. The molecule has 0 radical (unpaired) electrons. The van der Waals surface area contributed by atoms with Crippen LogP contribution in [0.25, 0.3) is 0 Å². The molecule has 10 rings (SSSR count). The molecule has 7 aromatic rings. The molecule has 546 valence electrons. The van der Waals surface area contributed by atoms with E-state index in [1.54, 1.807) is 43.3 Å². The van der Waals surface area contributed by atoms with Crippen molar-refractivity contribution < 1.29 is 76.3 Å². The van der Waals surface area contributed by atoms with E-state index < -0.39 is 30.1 Å². The molecule has 0 aliphatic carbocycles. The Bertz CT molecular complexity index is 4280. The van der Waals surface area contributed by atoms with Gasteiger partial charge in [0.2, 0.25) is 30.1 Å². The molecule has 4 aromatic carbocycles. The van der Waals surface area contributed by atoms with Crippen LogP contribution in [0.2, 0.25) is 0 Å². The summed E-state index contributed by atoms with van der Waals surface area (Å²) in [6, 6.07) is 28.0. The summed E-state index contributed by atoms with van der Waals surface area (Å²) in [6.45, 7) is 30.0. The minimum absolute atomic E-state index is 0. The van der Waals surface area contributed by atoms with Gasteiger partial charge in [-0.25, -0.2) is 45.1 Å². The first-order valence-electron chi connectivity index (χ1n) is 32.4. The number of hydrogen-bond acceptors (Lipinski definition) is 17. The number of aryl methyl sites for hydroxylation is 1. The Morgan fingerprint density at radius 3 is 1.35 bits per heavy atom. The van der Waals surface area contributed by atoms with Crippen molar-refractivity contribution in [3.05, 3.63) is 177 Å². The van der Waals surface area contributed by atoms with E-state index in [1.165, 1.54) is 67.1 Å². The Labute approximate surface area is 584 Å². The summed E-state index contributed by atoms with van der Waals surface area (Å²) >= 11 is 0. The second kappa shape index (κ2) is 32.1. The molecule has 1 atom stereocenters. The quantitative estimate of drug-likeness (QED) is 0.0438. The summed E-state index contributed by atoms with van der Waals surface area (Å²) in [4.78, 5) is 48.4. The van der Waals surface area contributed by atoms with Crippen LogP contribution in [0.15, 0.2) is 137 Å². The van der Waals surface area contributed by atoms with E-state index in [4.69, 9.17) is 33.4 Å². The van der Waals surface area contributed by atoms with Gasteiger partial charge in [0.05, 0.1) is 57.7 Å². The summed E-state index contributed by atoms with van der Waals surface area (Å²) in [6.07, 6.45) is 4.26. The largest absolute Gasteiger partial charge is 0.465 e. The van der Waals surface area contributed by atoms with Crippen molar-refractivity contribution >= 4 is 64.9 Å². The van der Waals surface area contributed by atoms with Crippen LogP contribution in [0.1, 0.15) is 179 Å². The number of piperidine rings is 1. The first-order valence-corrected chi connectivity index (χ1v) is 37.1. The van der Waals surface area contributed by atoms with E-state index in [0.29, 0.717) is 95.6 Å². The monoisotopic (exact) mass is 1420 g/mol. The standard InChI is InChI=1S/C28H35FN4O4S.C21H29N3O5S.C21H29N3O4S.10H2/c1-19(20-8-10-21(29)11-9-20)33-14-12-32(13-15-33)18-25-24(17-26(37-25)28(2,3)4)27(34)31-22-6-5-7-23(16-22)38(30,35)36;1-14(2)11-19-18(13-24-7-9-28-10-8-24)20(15(3)29-19)21(25)23-16-5-4-6-17(12-16)30(22,26)27;1-21(2,3)19-13-17(18(28-19)14-24-10-5-4-6-11-24)20(25)23-15-8-7-9-16(12-15)29(22,26)27;;;;;;;;;;/h5-11,16-17,19H,12-15,18H2,1-4H3,(H,31,34)(H2,30,35,36);4-6,12,14H,7-11,13H2,1-3H3,(H,23,25)(H2,22,26,27);7-9,12-13H,4-6,10-11,14H2,1-3H3,(H,23,25)(H2,22,26,27);10*1H/t19-;;;;;;;;;;;;/m0............/s1. The van der Waals surface area contributed by atoms with Crippen LogP contribution in [0.4, 0.5) is 21.5 Å². The first-order chi connectivity index (χ1) is 45.5. The molecule has 9 N–H and O–H groups in total. The van der Waals surface area contributed by atoms with Crippen molar-refractivity contribution in [3.63, 3.8) is 0 Å². The van der Waals surface area contributed by atoms with E-state index in [-0.39, 0.29) is 69.4 Å². The van der Waals surface area contributed by atoms with Gasteiger partial charge >= 0.3 is 0 Å². The maximum atomic E-state index is 13.3. The fraction of sp³-hybridized carbons (Fsp3) is 0.443. The Kier molecular flexibility index (Phi) is 24.9. The SMILES string of the molecule is CC(C)(C)c1cc(C(=O)Nc2cccc(S(N)(=O)=O)c2)c(CN2CCCCC2)o1.C[C@@H](c1ccc(F)cc1)N1CCN(Cc2oc(C(C)(C)C)cc2C(=O)Nc2cccc(S(N)(=O)=O)c2)CC1.Cc1oc(CC(C)C)c(CN2CCOCC2)c1C(=O)Nc1cccc(S(N)(=O)=O)c1.[HH].[HH].[HH].[HH].[HH].[HH].[HH].[HH].[HH].[HH]. The number of carbonyl (C=O) groups is 3. The summed E-state index contributed by atoms with van der Waals surface area (Å²) in [5.74, 6) is 3.10. The molecular formula is C70H113FN10O13S3. The predicted octanol–water partition coefficient (Wildman–Crippen LogP) is 12.9. The Balaban J connectivity index is -0.00000146. The molecule has 23 nitrogen and oxygen atoms in total. The van der Waals surface area contributed by atoms with Crippen molar-refractivity contribution in [2.24, 2.45) is 21.3 Å². The summed E-state index contributed by atoms with van der Waals surface area (Å²) in [7, 11) is -11.6. The molecular weight excluding hydrogens is 1300 g/mol. The number of morpholine rings is 1. The molecule has 3 aromatic heterocycles. The van der Waals surface area contributed by atoms with Crippen LogP contribution in [0, 0.1) is 18.7 Å². The van der Waals surface area contributed by atoms with Crippen molar-refractivity contribution in [3.8, 4) is 0 Å². The fourth-order valence-electron chi connectivity index (χ4n) is 11.5. The lowest BCUT2D eigenvalue weighted by atomic mass is 9.93. The first kappa shape index (κ1) is 75.4. The van der Waals surface area contributed by atoms with Crippen LogP contribution in [-0.4, -0.2) is 128 Å². The highest BCUT2D eigenvalue weighted by Crippen LogP contribution is 2.33. The molecule has 97 heavy (non-hydrogen) atoms. The van der Waals surface area contributed by atoms with Gasteiger partial charge in [-0.1, -0.05) is 92.1 Å². The summed E-state index contributed by atoms with van der Waals surface area (Å²) in [5.41, 5.74) is 3.85. The number of benzene rings is 4. The van der Waals surface area contributed by atoms with Crippen LogP contribution >= 0.6 is 0 Å². The number of nitrogens with one attached hydrogen (secondary N) is 3. The molecule has 6 heterocycles. The van der Waals surface area contributed by atoms with Crippen molar-refractivity contribution in [1.29, 1.82) is 0 Å². The van der Waals surface area contributed by atoms with Gasteiger partial charge in [0.15, 0.2) is 0 Å². The molecule has 3 fully saturated rings. The minimum Gasteiger partial charge on any atom is -0.465 e. The smallest absolute Gasteiger partial charge is 0.259 e. The Hall–Kier alpha value is -7.41. The lowest BCUT2D eigenvalue weighted by Crippen LogP contribution is -2.46. The topological polar surface area (TPSA) is 329 Å². The van der Waals surface area contributed by atoms with Crippen molar-refractivity contribution in [2.75, 3.05) is 81.5 Å². The van der Waals surface area contributed by atoms with E-state index in [0.717, 1.165) is 94.3 Å². The second-order valence-corrected chi connectivity index (χ2v) is 32.0. The van der Waals surface area contributed by atoms with Gasteiger partial charge in [0, 0.05) is 106 Å². The molecule has 0 spiro atoms. The summed E-state index contributed by atoms with van der Waals surface area (Å²) < 4.78 is 107. The van der Waals surface area contributed by atoms with Gasteiger partial charge in [-0.15, -0.1) is 0 Å². The second-order valence-electron chi connectivity index (χ2n) is 27.3. The zero-order chi connectivity index (χ0) is 70.8. The van der Waals surface area contributed by atoms with Crippen LogP contribution in [0.5, 0.6) is 0 Å². The third kappa shape index (κ3) is 21.3. The predicted molar refractivity (Wildman–Crippen MR) is 392 cm³/mol. The van der Waals surface area contributed by atoms with Crippen LogP contribution < -0.4 is 31.4 Å². The highest BCUT2D eigenvalue weighted by Gasteiger charge is 2.32. The van der Waals surface area contributed by atoms with Gasteiger partial charge in [0.1, 0.15) is 40.4 Å². The van der Waals surface area contributed by atoms with Gasteiger partial charge in [-0.05, 0) is 130 Å². The van der Waals surface area contributed by atoms with Gasteiger partial charge in [-0.2, -0.15) is 0 Å². The molecule has 3 amide bonds. The number of nitrogens with zero attached hydrogens (tertiary/aromatic N) is 4. The maximum absolute atomic E-state index is 13.3. The molecule has 3 saturated heterocycles. The normalized spacial score (nSPS) is 16.0. The van der Waals surface area contributed by atoms with Gasteiger partial charge in [-0.3, -0.25) is 34.0 Å². The lowest BCUT2D eigenvalue weighted by Gasteiger charge is -2.38. The van der Waals surface area contributed by atoms with Crippen LogP contribution in [-0.2, 0) is 71.7 Å². The average molecular weight is 1420 g/mol. The number of sulfonamides is 3. The fourth-order valence-corrected chi connectivity index (χ4v) is 13.2. The highest BCUT2D eigenvalue weighted by molar-refractivity contribution is 7.89. The molecule has 0 bridgehead atoms. The molecule has 3 aliphatic rings. The lowest BCUT2D eigenvalue weighted by molar-refractivity contribution is 0.0338. The number of piperazine rings is 1. The highest BCUT2D eigenvalue weighted by atomic mass is 32.2. The molecule has 0 saturated carbocycles. The van der Waals surface area contributed by atoms with Crippen molar-refractivity contribution in [1.82, 2.24) is 19.6 Å². The number of ether oxygens (including phenoxy) is 1. The van der Waals surface area contributed by atoms with Gasteiger partial charge in [0.25, 0.3) is 17.7 Å². The molecule has 0 unspecified atom stereocenters. The average Bonchev–Trinajstić information content (AvgIpc) is 1.68.